The van der Waals surface area contributed by atoms with Gasteiger partial charge in [0.25, 0.3) is 0 Å². The van der Waals surface area contributed by atoms with Crippen LogP contribution in [0.3, 0.4) is 0 Å². The predicted octanol–water partition coefficient (Wildman–Crippen LogP) is 4.40. The molecule has 8 heteroatoms. The highest BCUT2D eigenvalue weighted by Crippen LogP contribution is 2.30. The van der Waals surface area contributed by atoms with Crippen LogP contribution < -0.4 is 10.2 Å². The fraction of sp³-hybridized carbons (Fsp3) is 0.370. The molecular weight excluding hydrogens is 444 g/mol. The number of anilines is 2. The number of carbonyl (C=O) groups excluding carboxylic acids is 3. The Morgan fingerprint density at radius 3 is 2.49 bits per heavy atom. The van der Waals surface area contributed by atoms with Crippen molar-refractivity contribution in [1.82, 2.24) is 9.97 Å². The number of aromatic nitrogens is 2. The first kappa shape index (κ1) is 24.3. The molecule has 0 aliphatic carbocycles. The molecule has 3 aromatic rings. The highest BCUT2D eigenvalue weighted by atomic mass is 16.5. The Hall–Kier alpha value is -3.81. The Labute approximate surface area is 204 Å². The summed E-state index contributed by atoms with van der Waals surface area (Å²) in [4.78, 5) is 48.8. The molecule has 1 aliphatic rings. The largest absolute Gasteiger partial charge is 0.453 e. The standard InChI is InChI=1S/C27H30N4O4/c1-17(23(32)18-11-13-19(14-12-18)30-26(34)27(2,3)4)35-25(33)22-10-7-15-31(22)24-20-8-5-6-9-21(20)28-16-29-24/h5-6,8-9,11-14,16-17,22H,7,10,15H2,1-4H3,(H,30,34)/t17-,22+/m1/s1. The van der Waals surface area contributed by atoms with Crippen LogP contribution in [0.2, 0.25) is 0 Å². The van der Waals surface area contributed by atoms with Gasteiger partial charge in [-0.1, -0.05) is 32.9 Å². The number of ether oxygens (including phenoxy) is 1. The lowest BCUT2D eigenvalue weighted by molar-refractivity contribution is -0.147. The third-order valence-corrected chi connectivity index (χ3v) is 6.09. The van der Waals surface area contributed by atoms with E-state index in [4.69, 9.17) is 4.74 Å². The number of esters is 1. The second-order valence-corrected chi connectivity index (χ2v) is 9.79. The smallest absolute Gasteiger partial charge is 0.329 e. The van der Waals surface area contributed by atoms with Crippen molar-refractivity contribution in [3.63, 3.8) is 0 Å². The molecule has 2 heterocycles. The summed E-state index contributed by atoms with van der Waals surface area (Å²) < 4.78 is 5.61. The first-order valence-corrected chi connectivity index (χ1v) is 11.8. The van der Waals surface area contributed by atoms with Gasteiger partial charge in [0.05, 0.1) is 5.52 Å². The summed E-state index contributed by atoms with van der Waals surface area (Å²) in [6, 6.07) is 13.7. The van der Waals surface area contributed by atoms with E-state index in [9.17, 15) is 14.4 Å². The van der Waals surface area contributed by atoms with Gasteiger partial charge in [0.2, 0.25) is 11.7 Å². The Morgan fingerprint density at radius 1 is 1.06 bits per heavy atom. The number of fused-ring (bicyclic) bond motifs is 1. The number of Topliss-reactive ketones (excluding diaryl/α,β-unsaturated/α-hetero) is 1. The maximum atomic E-state index is 13.1. The average molecular weight is 475 g/mol. The number of nitrogens with zero attached hydrogens (tertiary/aromatic N) is 3. The van der Waals surface area contributed by atoms with Crippen molar-refractivity contribution in [3.8, 4) is 0 Å². The van der Waals surface area contributed by atoms with Crippen LogP contribution in [-0.4, -0.2) is 46.3 Å². The molecule has 0 saturated carbocycles. The average Bonchev–Trinajstić information content (AvgIpc) is 3.33. The number of amides is 1. The molecule has 0 spiro atoms. The minimum atomic E-state index is -0.942. The Bertz CT molecular complexity index is 1240. The molecule has 2 atom stereocenters. The van der Waals surface area contributed by atoms with E-state index in [0.29, 0.717) is 30.0 Å². The quantitative estimate of drug-likeness (QED) is 0.417. The molecule has 1 N–H and O–H groups in total. The molecular formula is C27H30N4O4. The van der Waals surface area contributed by atoms with Crippen LogP contribution in [0.4, 0.5) is 11.5 Å². The molecule has 4 rings (SSSR count). The summed E-state index contributed by atoms with van der Waals surface area (Å²) >= 11 is 0. The summed E-state index contributed by atoms with van der Waals surface area (Å²) in [5.74, 6) is -0.164. The van der Waals surface area contributed by atoms with Gasteiger partial charge in [0.1, 0.15) is 18.2 Å². The van der Waals surface area contributed by atoms with Crippen LogP contribution in [0, 0.1) is 5.41 Å². The predicted molar refractivity (Wildman–Crippen MR) is 134 cm³/mol. The minimum Gasteiger partial charge on any atom is -0.453 e. The first-order chi connectivity index (χ1) is 16.6. The zero-order chi connectivity index (χ0) is 25.2. The number of benzene rings is 2. The third kappa shape index (κ3) is 5.31. The van der Waals surface area contributed by atoms with Crippen LogP contribution >= 0.6 is 0 Å². The summed E-state index contributed by atoms with van der Waals surface area (Å²) in [7, 11) is 0. The van der Waals surface area contributed by atoms with Crippen LogP contribution in [0.25, 0.3) is 10.9 Å². The fourth-order valence-electron chi connectivity index (χ4n) is 4.06. The molecule has 2 aromatic carbocycles. The number of rotatable bonds is 6. The molecule has 1 aliphatic heterocycles. The molecule has 0 bridgehead atoms. The van der Waals surface area contributed by atoms with Gasteiger partial charge in [0.15, 0.2) is 6.10 Å². The van der Waals surface area contributed by atoms with E-state index < -0.39 is 23.5 Å². The van der Waals surface area contributed by atoms with Gasteiger partial charge in [-0.05, 0) is 56.2 Å². The van der Waals surface area contributed by atoms with E-state index in [1.54, 1.807) is 31.2 Å². The number of hydrogen-bond acceptors (Lipinski definition) is 7. The number of carbonyl (C=O) groups is 3. The van der Waals surface area contributed by atoms with Crippen LogP contribution in [0.1, 0.15) is 50.9 Å². The maximum Gasteiger partial charge on any atom is 0.329 e. The monoisotopic (exact) mass is 474 g/mol. The lowest BCUT2D eigenvalue weighted by atomic mass is 9.95. The molecule has 8 nitrogen and oxygen atoms in total. The van der Waals surface area contributed by atoms with Gasteiger partial charge in [0, 0.05) is 28.6 Å². The van der Waals surface area contributed by atoms with E-state index in [2.05, 4.69) is 15.3 Å². The second kappa shape index (κ2) is 9.82. The van der Waals surface area contributed by atoms with Crippen molar-refractivity contribution in [3.05, 3.63) is 60.4 Å². The number of nitrogens with one attached hydrogen (secondary N) is 1. The first-order valence-electron chi connectivity index (χ1n) is 11.8. The summed E-state index contributed by atoms with van der Waals surface area (Å²) in [5, 5.41) is 3.70. The van der Waals surface area contributed by atoms with E-state index >= 15 is 0 Å². The number of hydrogen-bond donors (Lipinski definition) is 1. The zero-order valence-electron chi connectivity index (χ0n) is 20.4. The van der Waals surface area contributed by atoms with Crippen molar-refractivity contribution >= 4 is 40.1 Å². The summed E-state index contributed by atoms with van der Waals surface area (Å²) in [6.45, 7) is 7.73. The Kier molecular flexibility index (Phi) is 6.82. The van der Waals surface area contributed by atoms with E-state index in [1.165, 1.54) is 6.33 Å². The molecule has 1 fully saturated rings. The second-order valence-electron chi connectivity index (χ2n) is 9.79. The minimum absolute atomic E-state index is 0.114. The van der Waals surface area contributed by atoms with Crippen molar-refractivity contribution in [2.75, 3.05) is 16.8 Å². The van der Waals surface area contributed by atoms with Crippen LogP contribution in [0.15, 0.2) is 54.9 Å². The van der Waals surface area contributed by atoms with Crippen LogP contribution in [0.5, 0.6) is 0 Å². The summed E-state index contributed by atoms with van der Waals surface area (Å²) in [6.07, 6.45) is 2.00. The van der Waals surface area contributed by atoms with Gasteiger partial charge in [-0.25, -0.2) is 14.8 Å². The maximum absolute atomic E-state index is 13.1. The molecule has 182 valence electrons. The van der Waals surface area contributed by atoms with Gasteiger partial charge in [-0.2, -0.15) is 0 Å². The highest BCUT2D eigenvalue weighted by molar-refractivity contribution is 6.01. The topological polar surface area (TPSA) is 101 Å². The van der Waals surface area contributed by atoms with E-state index in [0.717, 1.165) is 17.3 Å². The lowest BCUT2D eigenvalue weighted by Gasteiger charge is -2.26. The SMILES string of the molecule is C[C@@H](OC(=O)[C@@H]1CCCN1c1ncnc2ccccc12)C(=O)c1ccc(NC(=O)C(C)(C)C)cc1. The summed E-state index contributed by atoms with van der Waals surface area (Å²) in [5.41, 5.74) is 1.29. The van der Waals surface area contributed by atoms with Crippen molar-refractivity contribution in [2.24, 2.45) is 5.41 Å². The molecule has 35 heavy (non-hydrogen) atoms. The number of ketones is 1. The molecule has 1 amide bonds. The molecule has 1 aromatic heterocycles. The highest BCUT2D eigenvalue weighted by Gasteiger charge is 2.35. The Balaban J connectivity index is 1.43. The molecule has 0 unspecified atom stereocenters. The van der Waals surface area contributed by atoms with Gasteiger partial charge < -0.3 is 15.0 Å². The fourth-order valence-corrected chi connectivity index (χ4v) is 4.06. The van der Waals surface area contributed by atoms with E-state index in [1.807, 2.05) is 49.9 Å². The lowest BCUT2D eigenvalue weighted by Crippen LogP contribution is -2.40. The molecule has 0 radical (unpaired) electrons. The normalized spacial score (nSPS) is 16.7. The number of para-hydroxylation sites is 1. The molecule has 1 saturated heterocycles. The van der Waals surface area contributed by atoms with Crippen molar-refractivity contribution in [1.29, 1.82) is 0 Å². The van der Waals surface area contributed by atoms with Crippen molar-refractivity contribution < 1.29 is 19.1 Å². The van der Waals surface area contributed by atoms with Crippen LogP contribution in [-0.2, 0) is 14.3 Å². The van der Waals surface area contributed by atoms with E-state index in [-0.39, 0.29) is 11.7 Å². The van der Waals surface area contributed by atoms with Gasteiger partial charge in [-0.15, -0.1) is 0 Å². The zero-order valence-corrected chi connectivity index (χ0v) is 20.4. The van der Waals surface area contributed by atoms with Gasteiger partial charge in [-0.3, -0.25) is 9.59 Å². The third-order valence-electron chi connectivity index (χ3n) is 6.09. The Morgan fingerprint density at radius 2 is 1.77 bits per heavy atom. The van der Waals surface area contributed by atoms with Crippen molar-refractivity contribution in [2.45, 2.75) is 52.7 Å². The van der Waals surface area contributed by atoms with Gasteiger partial charge >= 0.3 is 5.97 Å².